The first kappa shape index (κ1) is 16.7. The smallest absolute Gasteiger partial charge is 0.859 e. The molecule has 0 atom stereocenters. The number of Topliss-reactive ketones (excluding diaryl/α,β-unsaturated/α-hetero) is 1. The number of halogens is 1. The molecule has 0 saturated carbocycles. The Labute approximate surface area is 140 Å². The number of nitrogens with one attached hydrogen (secondary N) is 1. The van der Waals surface area contributed by atoms with E-state index in [1.807, 2.05) is 4.98 Å². The molecular weight excluding hydrogens is 295 g/mol. The molecule has 20 heavy (non-hydrogen) atoms. The summed E-state index contributed by atoms with van der Waals surface area (Å²) in [6.45, 7) is 1.08. The van der Waals surface area contributed by atoms with Crippen LogP contribution in [0.5, 0.6) is 5.88 Å². The van der Waals surface area contributed by atoms with E-state index in [4.69, 9.17) is 11.6 Å². The number of hydrogen-bond acceptors (Lipinski definition) is 4. The molecule has 0 fully saturated rings. The monoisotopic (exact) mass is 302 g/mol. The third kappa shape index (κ3) is 3.04. The number of hydrogen-bond donors (Lipinski definition) is 1. The maximum atomic E-state index is 12.0. The summed E-state index contributed by atoms with van der Waals surface area (Å²) in [4.78, 5) is 36.4. The molecule has 0 aliphatic heterocycles. The van der Waals surface area contributed by atoms with Gasteiger partial charge >= 0.3 is 35.2 Å². The van der Waals surface area contributed by atoms with Crippen LogP contribution in [0.25, 0.3) is 5.69 Å². The average molecular weight is 303 g/mol. The number of rotatable bonds is 2. The van der Waals surface area contributed by atoms with Crippen LogP contribution >= 0.6 is 11.6 Å². The van der Waals surface area contributed by atoms with Crippen molar-refractivity contribution in [2.45, 2.75) is 6.92 Å². The van der Waals surface area contributed by atoms with Crippen molar-refractivity contribution in [2.75, 3.05) is 0 Å². The summed E-state index contributed by atoms with van der Waals surface area (Å²) in [7, 11) is 0. The van der Waals surface area contributed by atoms with E-state index in [0.29, 0.717) is 9.59 Å². The Morgan fingerprint density at radius 1 is 1.35 bits per heavy atom. The Balaban J connectivity index is 0.00000200. The van der Waals surface area contributed by atoms with E-state index in [1.165, 1.54) is 12.1 Å². The summed E-state index contributed by atoms with van der Waals surface area (Å²) in [5, 5.41) is 12.4. The van der Waals surface area contributed by atoms with Gasteiger partial charge in [0, 0.05) is 5.02 Å². The molecular formula is C12H8ClN2NaO4. The number of nitrogens with zero attached hydrogens (tertiary/aromatic N) is 1. The number of ketones is 1. The van der Waals surface area contributed by atoms with Gasteiger partial charge < -0.3 is 5.11 Å². The fraction of sp³-hybridized carbons (Fsp3) is 0.0833. The van der Waals surface area contributed by atoms with Crippen molar-refractivity contribution in [1.29, 1.82) is 0 Å². The van der Waals surface area contributed by atoms with Crippen LogP contribution < -0.4 is 45.9 Å². The van der Waals surface area contributed by atoms with E-state index >= 15 is 0 Å². The minimum Gasteiger partial charge on any atom is -0.859 e. The SMILES string of the molecule is CC(=O)c1c([O-])n(-c2cccc(Cl)c2)c(=O)[nH]c1=O.[Na+]. The van der Waals surface area contributed by atoms with Crippen molar-refractivity contribution in [3.05, 3.63) is 55.7 Å². The Morgan fingerprint density at radius 2 is 2.00 bits per heavy atom. The van der Waals surface area contributed by atoms with Crippen molar-refractivity contribution >= 4 is 17.4 Å². The molecule has 0 bridgehead atoms. The van der Waals surface area contributed by atoms with E-state index in [-0.39, 0.29) is 35.2 Å². The van der Waals surface area contributed by atoms with Gasteiger partial charge in [-0.25, -0.2) is 4.79 Å². The van der Waals surface area contributed by atoms with Crippen molar-refractivity contribution in [3.63, 3.8) is 0 Å². The first-order valence-electron chi connectivity index (χ1n) is 5.25. The van der Waals surface area contributed by atoms with Gasteiger partial charge in [-0.05, 0) is 31.0 Å². The third-order valence-electron chi connectivity index (χ3n) is 2.49. The summed E-state index contributed by atoms with van der Waals surface area (Å²) in [5.41, 5.74) is -2.30. The predicted octanol–water partition coefficient (Wildman–Crippen LogP) is -2.54. The summed E-state index contributed by atoms with van der Waals surface area (Å²) in [5.74, 6) is -1.66. The number of aromatic amines is 1. The van der Waals surface area contributed by atoms with Crippen LogP contribution in [0.1, 0.15) is 17.3 Å². The first-order chi connectivity index (χ1) is 8.91. The Morgan fingerprint density at radius 3 is 2.55 bits per heavy atom. The molecule has 98 valence electrons. The summed E-state index contributed by atoms with van der Waals surface area (Å²) >= 11 is 5.78. The average Bonchev–Trinajstić information content (AvgIpc) is 2.27. The maximum absolute atomic E-state index is 12.0. The van der Waals surface area contributed by atoms with Crippen LogP contribution in [0.3, 0.4) is 0 Å². The van der Waals surface area contributed by atoms with Crippen LogP contribution in [-0.2, 0) is 0 Å². The Kier molecular flexibility index (Phi) is 5.35. The fourth-order valence-electron chi connectivity index (χ4n) is 1.68. The van der Waals surface area contributed by atoms with Crippen molar-refractivity contribution in [3.8, 4) is 11.6 Å². The third-order valence-corrected chi connectivity index (χ3v) is 2.72. The van der Waals surface area contributed by atoms with Crippen LogP contribution in [0, 0.1) is 0 Å². The minimum absolute atomic E-state index is 0. The Hall–Kier alpha value is -1.34. The molecule has 8 heteroatoms. The zero-order valence-electron chi connectivity index (χ0n) is 10.8. The molecule has 6 nitrogen and oxygen atoms in total. The van der Waals surface area contributed by atoms with Crippen LogP contribution in [0.15, 0.2) is 33.9 Å². The van der Waals surface area contributed by atoms with Gasteiger partial charge in [-0.1, -0.05) is 17.7 Å². The summed E-state index contributed by atoms with van der Waals surface area (Å²) in [6, 6.07) is 5.96. The second kappa shape index (κ2) is 6.41. The van der Waals surface area contributed by atoms with Gasteiger partial charge in [0.1, 0.15) is 0 Å². The maximum Gasteiger partial charge on any atom is 1.00 e. The van der Waals surface area contributed by atoms with Gasteiger partial charge in [0.25, 0.3) is 5.56 Å². The molecule has 2 rings (SSSR count). The topological polar surface area (TPSA) is 95.0 Å². The molecule has 0 aliphatic carbocycles. The van der Waals surface area contributed by atoms with Crippen molar-refractivity contribution in [1.82, 2.24) is 9.55 Å². The molecule has 0 spiro atoms. The Bertz CT molecular complexity index is 782. The molecule has 1 aromatic carbocycles. The standard InChI is InChI=1S/C12H9ClN2O4.Na/c1-6(16)9-10(17)14-12(19)15(11(9)18)8-4-2-3-7(13)5-8;/h2-5,18H,1H3,(H,14,17,19);/q;+1/p-1. The number of aromatic nitrogens is 2. The van der Waals surface area contributed by atoms with Gasteiger partial charge in [0.2, 0.25) is 0 Å². The zero-order valence-corrected chi connectivity index (χ0v) is 13.5. The van der Waals surface area contributed by atoms with E-state index in [9.17, 15) is 19.5 Å². The van der Waals surface area contributed by atoms with Crippen LogP contribution in [-0.4, -0.2) is 15.3 Å². The van der Waals surface area contributed by atoms with Gasteiger partial charge in [-0.15, -0.1) is 0 Å². The van der Waals surface area contributed by atoms with Crippen LogP contribution in [0.4, 0.5) is 0 Å². The molecule has 0 radical (unpaired) electrons. The van der Waals surface area contributed by atoms with Gasteiger partial charge in [-0.2, -0.15) is 0 Å². The molecule has 0 amide bonds. The van der Waals surface area contributed by atoms with Crippen molar-refractivity contribution in [2.24, 2.45) is 0 Å². The van der Waals surface area contributed by atoms with Gasteiger partial charge in [0.05, 0.1) is 11.3 Å². The number of carbonyl (C=O) groups excluding carboxylic acids is 1. The van der Waals surface area contributed by atoms with E-state index in [2.05, 4.69) is 0 Å². The van der Waals surface area contributed by atoms with Crippen molar-refractivity contribution < 1.29 is 39.5 Å². The second-order valence-electron chi connectivity index (χ2n) is 3.81. The number of carbonyl (C=O) groups is 1. The first-order valence-corrected chi connectivity index (χ1v) is 5.63. The molecule has 0 saturated heterocycles. The summed E-state index contributed by atoms with van der Waals surface area (Å²) in [6.07, 6.45) is 0. The van der Waals surface area contributed by atoms with Gasteiger partial charge in [0.15, 0.2) is 5.78 Å². The molecule has 0 unspecified atom stereocenters. The fourth-order valence-corrected chi connectivity index (χ4v) is 1.86. The molecule has 1 heterocycles. The molecule has 2 aromatic rings. The molecule has 1 aromatic heterocycles. The minimum atomic E-state index is -0.985. The second-order valence-corrected chi connectivity index (χ2v) is 4.25. The van der Waals surface area contributed by atoms with E-state index in [1.54, 1.807) is 12.1 Å². The summed E-state index contributed by atoms with van der Waals surface area (Å²) < 4.78 is 0.698. The predicted molar refractivity (Wildman–Crippen MR) is 67.1 cm³/mol. The zero-order chi connectivity index (χ0) is 14.2. The van der Waals surface area contributed by atoms with Gasteiger partial charge in [-0.3, -0.25) is 19.1 Å². The van der Waals surface area contributed by atoms with Crippen LogP contribution in [0.2, 0.25) is 5.02 Å². The quantitative estimate of drug-likeness (QED) is 0.488. The molecule has 0 aliphatic rings. The van der Waals surface area contributed by atoms with E-state index in [0.717, 1.165) is 6.92 Å². The van der Waals surface area contributed by atoms with E-state index < -0.39 is 28.5 Å². The number of benzene rings is 1. The number of H-pyrrole nitrogens is 1. The largest absolute Gasteiger partial charge is 1.00 e. The normalized spacial score (nSPS) is 9.90. The molecule has 1 N–H and O–H groups in total.